The topological polar surface area (TPSA) is 80.4 Å². The molecule has 0 aromatic heterocycles. The zero-order chi connectivity index (χ0) is 11.7. The van der Waals surface area contributed by atoms with Crippen LogP contribution in [0.1, 0.15) is 22.3 Å². The minimum Gasteiger partial charge on any atom is -0.396 e. The summed E-state index contributed by atoms with van der Waals surface area (Å²) in [7, 11) is 0. The Morgan fingerprint density at radius 3 is 2.31 bits per heavy atom. The van der Waals surface area contributed by atoms with Gasteiger partial charge in [0.2, 0.25) is 11.6 Å². The van der Waals surface area contributed by atoms with Gasteiger partial charge in [-0.25, -0.2) is 0 Å². The number of carbonyl (C=O) groups excluding carboxylic acids is 2. The third-order valence-electron chi connectivity index (χ3n) is 2.63. The van der Waals surface area contributed by atoms with Gasteiger partial charge in [0, 0.05) is 12.2 Å². The van der Waals surface area contributed by atoms with E-state index in [4.69, 9.17) is 10.8 Å². The second-order valence-corrected chi connectivity index (χ2v) is 3.57. The third-order valence-corrected chi connectivity index (χ3v) is 2.63. The van der Waals surface area contributed by atoms with Gasteiger partial charge in [-0.3, -0.25) is 9.59 Å². The summed E-state index contributed by atoms with van der Waals surface area (Å²) in [5.74, 6) is -1.25. The number of aliphatic hydroxyl groups excluding tert-OH is 1. The highest BCUT2D eigenvalue weighted by Gasteiger charge is 2.30. The Bertz CT molecular complexity index is 503. The van der Waals surface area contributed by atoms with Crippen molar-refractivity contribution in [2.75, 3.05) is 6.61 Å². The first-order chi connectivity index (χ1) is 7.66. The summed E-state index contributed by atoms with van der Waals surface area (Å²) in [4.78, 5) is 23.2. The molecular weight excluding hydrogens is 206 g/mol. The highest BCUT2D eigenvalue weighted by Crippen LogP contribution is 2.29. The molecule has 1 aromatic rings. The van der Waals surface area contributed by atoms with Crippen molar-refractivity contribution in [1.29, 1.82) is 0 Å². The Balaban J connectivity index is 2.66. The molecule has 1 aromatic carbocycles. The summed E-state index contributed by atoms with van der Waals surface area (Å²) in [6.45, 7) is -0.105. The average Bonchev–Trinajstić information content (AvgIpc) is 2.32. The van der Waals surface area contributed by atoms with Gasteiger partial charge < -0.3 is 10.8 Å². The minimum absolute atomic E-state index is 0.0437. The predicted octanol–water partition coefficient (Wildman–Crippen LogP) is 0.504. The van der Waals surface area contributed by atoms with Crippen LogP contribution in [0.5, 0.6) is 0 Å². The molecule has 0 spiro atoms. The fourth-order valence-electron chi connectivity index (χ4n) is 1.85. The zero-order valence-electron chi connectivity index (χ0n) is 8.56. The van der Waals surface area contributed by atoms with Crippen LogP contribution in [0.2, 0.25) is 0 Å². The number of rotatable bonds is 2. The number of Topliss-reactive ketones (excluding diaryl/α,β-unsaturated/α-hetero) is 2. The van der Waals surface area contributed by atoms with E-state index in [2.05, 4.69) is 0 Å². The molecule has 4 nitrogen and oxygen atoms in total. The number of nitrogens with two attached hydrogens (primary N) is 1. The summed E-state index contributed by atoms with van der Waals surface area (Å²) in [5.41, 5.74) is 7.14. The van der Waals surface area contributed by atoms with E-state index in [1.807, 2.05) is 0 Å². The molecule has 3 N–H and O–H groups in total. The van der Waals surface area contributed by atoms with Crippen LogP contribution in [0, 0.1) is 0 Å². The zero-order valence-corrected chi connectivity index (χ0v) is 8.56. The fourth-order valence-corrected chi connectivity index (χ4v) is 1.85. The third kappa shape index (κ3) is 1.44. The highest BCUT2D eigenvalue weighted by molar-refractivity contribution is 6.52. The molecule has 0 unspecified atom stereocenters. The van der Waals surface area contributed by atoms with Crippen LogP contribution < -0.4 is 5.73 Å². The number of fused-ring (bicyclic) bond motifs is 1. The van der Waals surface area contributed by atoms with Crippen LogP contribution in [-0.2, 0) is 4.79 Å². The van der Waals surface area contributed by atoms with Crippen LogP contribution >= 0.6 is 0 Å². The molecule has 2 rings (SSSR count). The normalized spacial score (nSPS) is 15.3. The fraction of sp³-hybridized carbons (Fsp3) is 0.167. The first kappa shape index (κ1) is 10.6. The summed E-state index contributed by atoms with van der Waals surface area (Å²) < 4.78 is 0. The standard InChI is InChI=1S/C12H11NO3/c13-10-8(5-6-14)7-3-1-2-4-9(7)11(15)12(10)16/h1-4,14H,5-6,13H2. The molecule has 0 heterocycles. The molecule has 0 radical (unpaired) electrons. The average molecular weight is 217 g/mol. The molecule has 4 heteroatoms. The number of allylic oxidation sites excluding steroid dienone is 1. The van der Waals surface area contributed by atoms with Crippen LogP contribution in [0.3, 0.4) is 0 Å². The van der Waals surface area contributed by atoms with Gasteiger partial charge in [0.25, 0.3) is 0 Å². The van der Waals surface area contributed by atoms with E-state index >= 15 is 0 Å². The Morgan fingerprint density at radius 1 is 1.06 bits per heavy atom. The largest absolute Gasteiger partial charge is 0.396 e. The second kappa shape index (κ2) is 3.90. The molecule has 0 bridgehead atoms. The maximum Gasteiger partial charge on any atom is 0.249 e. The van der Waals surface area contributed by atoms with E-state index in [-0.39, 0.29) is 18.7 Å². The second-order valence-electron chi connectivity index (χ2n) is 3.57. The van der Waals surface area contributed by atoms with E-state index in [1.54, 1.807) is 24.3 Å². The van der Waals surface area contributed by atoms with Crippen molar-refractivity contribution in [1.82, 2.24) is 0 Å². The minimum atomic E-state index is -0.679. The lowest BCUT2D eigenvalue weighted by molar-refractivity contribution is -0.111. The molecule has 0 fully saturated rings. The van der Waals surface area contributed by atoms with Gasteiger partial charge in [-0.2, -0.15) is 0 Å². The lowest BCUT2D eigenvalue weighted by Crippen LogP contribution is -2.28. The van der Waals surface area contributed by atoms with Gasteiger partial charge in [0.05, 0.1) is 5.70 Å². The van der Waals surface area contributed by atoms with Crippen LogP contribution in [0.25, 0.3) is 5.57 Å². The molecule has 0 amide bonds. The molecule has 0 saturated heterocycles. The molecule has 0 saturated carbocycles. The predicted molar refractivity (Wildman–Crippen MR) is 58.6 cm³/mol. The van der Waals surface area contributed by atoms with Crippen LogP contribution in [0.4, 0.5) is 0 Å². The van der Waals surface area contributed by atoms with E-state index < -0.39 is 11.6 Å². The van der Waals surface area contributed by atoms with Crippen molar-refractivity contribution in [3.8, 4) is 0 Å². The summed E-state index contributed by atoms with van der Waals surface area (Å²) in [6.07, 6.45) is 0.280. The first-order valence-corrected chi connectivity index (χ1v) is 4.94. The first-order valence-electron chi connectivity index (χ1n) is 4.94. The molecule has 0 atom stereocenters. The maximum absolute atomic E-state index is 11.7. The molecule has 1 aliphatic rings. The van der Waals surface area contributed by atoms with Crippen molar-refractivity contribution in [3.63, 3.8) is 0 Å². The van der Waals surface area contributed by atoms with E-state index in [0.717, 1.165) is 0 Å². The van der Waals surface area contributed by atoms with Gasteiger partial charge in [-0.05, 0) is 17.6 Å². The van der Waals surface area contributed by atoms with Crippen LogP contribution in [0.15, 0.2) is 30.0 Å². The lowest BCUT2D eigenvalue weighted by atomic mass is 9.86. The highest BCUT2D eigenvalue weighted by atomic mass is 16.3. The number of carbonyl (C=O) groups is 2. The number of aliphatic hydroxyl groups is 1. The van der Waals surface area contributed by atoms with E-state index in [9.17, 15) is 9.59 Å². The van der Waals surface area contributed by atoms with Crippen molar-refractivity contribution in [3.05, 3.63) is 41.1 Å². The lowest BCUT2D eigenvalue weighted by Gasteiger charge is -2.18. The van der Waals surface area contributed by atoms with Gasteiger partial charge in [0.15, 0.2) is 0 Å². The molecular formula is C12H11NO3. The van der Waals surface area contributed by atoms with Crippen LogP contribution in [-0.4, -0.2) is 23.3 Å². The number of hydrogen-bond donors (Lipinski definition) is 2. The maximum atomic E-state index is 11.7. The van der Waals surface area contributed by atoms with Crippen molar-refractivity contribution in [2.45, 2.75) is 6.42 Å². The number of hydrogen-bond acceptors (Lipinski definition) is 4. The van der Waals surface area contributed by atoms with Gasteiger partial charge in [-0.15, -0.1) is 0 Å². The Labute approximate surface area is 92.4 Å². The Kier molecular flexibility index (Phi) is 2.58. The van der Waals surface area contributed by atoms with Gasteiger partial charge in [-0.1, -0.05) is 24.3 Å². The van der Waals surface area contributed by atoms with Crippen molar-refractivity contribution >= 4 is 17.1 Å². The van der Waals surface area contributed by atoms with E-state index in [0.29, 0.717) is 16.7 Å². The monoisotopic (exact) mass is 217 g/mol. The smallest absolute Gasteiger partial charge is 0.249 e. The molecule has 0 aliphatic heterocycles. The van der Waals surface area contributed by atoms with Crippen molar-refractivity contribution < 1.29 is 14.7 Å². The summed E-state index contributed by atoms with van der Waals surface area (Å²) >= 11 is 0. The van der Waals surface area contributed by atoms with E-state index in [1.165, 1.54) is 0 Å². The summed E-state index contributed by atoms with van der Waals surface area (Å²) in [5, 5.41) is 8.93. The number of ketones is 2. The van der Waals surface area contributed by atoms with Gasteiger partial charge >= 0.3 is 0 Å². The molecule has 1 aliphatic carbocycles. The Morgan fingerprint density at radius 2 is 1.69 bits per heavy atom. The van der Waals surface area contributed by atoms with Crippen molar-refractivity contribution in [2.24, 2.45) is 5.73 Å². The summed E-state index contributed by atoms with van der Waals surface area (Å²) in [6, 6.07) is 6.80. The molecule has 82 valence electrons. The SMILES string of the molecule is NC1=C(CCO)c2ccccc2C(=O)C1=O. The van der Waals surface area contributed by atoms with Gasteiger partial charge in [0.1, 0.15) is 0 Å². The molecule has 16 heavy (non-hydrogen) atoms. The quantitative estimate of drug-likeness (QED) is 0.707. The number of benzene rings is 1. The Hall–Kier alpha value is -1.94.